The lowest BCUT2D eigenvalue weighted by atomic mass is 9.98. The van der Waals surface area contributed by atoms with Crippen LogP contribution in [-0.2, 0) is 6.54 Å². The summed E-state index contributed by atoms with van der Waals surface area (Å²) in [5.41, 5.74) is 2.38. The summed E-state index contributed by atoms with van der Waals surface area (Å²) >= 11 is 0. The molecule has 154 valence electrons. The van der Waals surface area contributed by atoms with Crippen LogP contribution in [0.4, 0.5) is 0 Å². The number of aryl methyl sites for hydroxylation is 1. The third-order valence-electron chi connectivity index (χ3n) is 5.09. The van der Waals surface area contributed by atoms with Gasteiger partial charge in [-0.05, 0) is 62.5 Å². The van der Waals surface area contributed by atoms with Crippen molar-refractivity contribution in [3.8, 4) is 11.5 Å². The minimum atomic E-state index is 0. The Morgan fingerprint density at radius 3 is 2.56 bits per heavy atom. The zero-order valence-electron chi connectivity index (χ0n) is 17.5. The lowest BCUT2D eigenvalue weighted by molar-refractivity contribution is 0.209. The van der Waals surface area contributed by atoms with Gasteiger partial charge in [0.1, 0.15) is 0 Å². The first-order valence-corrected chi connectivity index (χ1v) is 9.30. The molecule has 1 atom stereocenters. The number of aliphatic imine (C=N–C) groups is 1. The van der Waals surface area contributed by atoms with Crippen LogP contribution in [0.5, 0.6) is 11.5 Å². The zero-order chi connectivity index (χ0) is 19.1. The minimum absolute atomic E-state index is 0. The van der Waals surface area contributed by atoms with Gasteiger partial charge in [-0.15, -0.1) is 24.0 Å². The van der Waals surface area contributed by atoms with Gasteiger partial charge in [0, 0.05) is 33.7 Å². The Kier molecular flexibility index (Phi) is 10.2. The first-order chi connectivity index (χ1) is 12.5. The largest absolute Gasteiger partial charge is 0.493 e. The molecule has 1 heterocycles. The number of methoxy groups -OCH3 is 2. The van der Waals surface area contributed by atoms with Crippen LogP contribution in [0.2, 0.25) is 0 Å². The summed E-state index contributed by atoms with van der Waals surface area (Å²) in [6.45, 7) is 6.19. The average Bonchev–Trinajstić information content (AvgIpc) is 2.63. The third-order valence-corrected chi connectivity index (χ3v) is 5.09. The van der Waals surface area contributed by atoms with E-state index in [0.29, 0.717) is 5.92 Å². The number of nitrogens with zero attached hydrogens (tertiary/aromatic N) is 3. The van der Waals surface area contributed by atoms with Crippen molar-refractivity contribution in [3.05, 3.63) is 23.3 Å². The van der Waals surface area contributed by atoms with Crippen molar-refractivity contribution >= 4 is 29.9 Å². The van der Waals surface area contributed by atoms with Crippen LogP contribution in [0.3, 0.4) is 0 Å². The van der Waals surface area contributed by atoms with E-state index in [2.05, 4.69) is 41.1 Å². The molecule has 0 radical (unpaired) electrons. The number of nitrogens with one attached hydrogen (secondary N) is 1. The van der Waals surface area contributed by atoms with Crippen LogP contribution >= 0.6 is 24.0 Å². The van der Waals surface area contributed by atoms with Gasteiger partial charge in [0.05, 0.1) is 14.2 Å². The monoisotopic (exact) mass is 490 g/mol. The molecule has 1 aliphatic heterocycles. The SMILES string of the molecule is CN=C(NCC1CCCN(C)C1)N(C)Cc1cc(OC)c(OC)cc1C.I. The standard InChI is InChI=1S/C20H34N4O2.HI/c1-15-10-18(25-5)19(26-6)11-17(15)14-24(4)20(21-2)22-12-16-8-7-9-23(3)13-16;/h10-11,16H,7-9,12-14H2,1-6H3,(H,21,22);1H. The normalized spacial score (nSPS) is 17.9. The predicted octanol–water partition coefficient (Wildman–Crippen LogP) is 2.98. The van der Waals surface area contributed by atoms with Crippen molar-refractivity contribution in [2.24, 2.45) is 10.9 Å². The highest BCUT2D eigenvalue weighted by atomic mass is 127. The number of benzene rings is 1. The highest BCUT2D eigenvalue weighted by Crippen LogP contribution is 2.30. The average molecular weight is 490 g/mol. The maximum atomic E-state index is 5.44. The highest BCUT2D eigenvalue weighted by molar-refractivity contribution is 14.0. The van der Waals surface area contributed by atoms with Crippen molar-refractivity contribution in [3.63, 3.8) is 0 Å². The summed E-state index contributed by atoms with van der Waals surface area (Å²) < 4.78 is 10.8. The molecular weight excluding hydrogens is 455 g/mol. The summed E-state index contributed by atoms with van der Waals surface area (Å²) in [5, 5.41) is 3.54. The number of piperidine rings is 1. The maximum absolute atomic E-state index is 5.44. The molecule has 1 aromatic rings. The molecule has 1 unspecified atom stereocenters. The van der Waals surface area contributed by atoms with Gasteiger partial charge in [-0.3, -0.25) is 4.99 Å². The van der Waals surface area contributed by atoms with Crippen LogP contribution in [0.1, 0.15) is 24.0 Å². The second-order valence-corrected chi connectivity index (χ2v) is 7.19. The van der Waals surface area contributed by atoms with Crippen LogP contribution in [0.25, 0.3) is 0 Å². The Morgan fingerprint density at radius 2 is 1.96 bits per heavy atom. The van der Waals surface area contributed by atoms with E-state index in [1.165, 1.54) is 30.5 Å². The van der Waals surface area contributed by atoms with Gasteiger partial charge in [0.2, 0.25) is 0 Å². The summed E-state index contributed by atoms with van der Waals surface area (Å²) in [6, 6.07) is 4.07. The summed E-state index contributed by atoms with van der Waals surface area (Å²) in [7, 11) is 9.44. The summed E-state index contributed by atoms with van der Waals surface area (Å²) in [5.74, 6) is 3.13. The van der Waals surface area contributed by atoms with Crippen molar-refractivity contribution in [1.82, 2.24) is 15.1 Å². The molecule has 2 rings (SSSR count). The van der Waals surface area contributed by atoms with Crippen molar-refractivity contribution < 1.29 is 9.47 Å². The molecule has 1 fully saturated rings. The molecule has 0 spiro atoms. The second-order valence-electron chi connectivity index (χ2n) is 7.19. The molecule has 0 saturated carbocycles. The molecule has 0 aliphatic carbocycles. The summed E-state index contributed by atoms with van der Waals surface area (Å²) in [4.78, 5) is 9.02. The number of ether oxygens (including phenoxy) is 2. The molecule has 7 heteroatoms. The zero-order valence-corrected chi connectivity index (χ0v) is 19.9. The van der Waals surface area contributed by atoms with Crippen LogP contribution in [0.15, 0.2) is 17.1 Å². The molecular formula is C20H35IN4O2. The maximum Gasteiger partial charge on any atom is 0.193 e. The lowest BCUT2D eigenvalue weighted by Crippen LogP contribution is -2.44. The molecule has 0 amide bonds. The Hall–Kier alpha value is -1.22. The Labute approximate surface area is 181 Å². The van der Waals surface area contributed by atoms with Crippen molar-refractivity contribution in [1.29, 1.82) is 0 Å². The van der Waals surface area contributed by atoms with E-state index in [1.807, 2.05) is 19.2 Å². The fourth-order valence-electron chi connectivity index (χ4n) is 3.58. The van der Waals surface area contributed by atoms with Gasteiger partial charge >= 0.3 is 0 Å². The minimum Gasteiger partial charge on any atom is -0.493 e. The van der Waals surface area contributed by atoms with Gasteiger partial charge < -0.3 is 24.6 Å². The van der Waals surface area contributed by atoms with Gasteiger partial charge in [-0.25, -0.2) is 0 Å². The second kappa shape index (κ2) is 11.6. The van der Waals surface area contributed by atoms with Crippen molar-refractivity contribution in [2.75, 3.05) is 55.0 Å². The van der Waals surface area contributed by atoms with Crippen molar-refractivity contribution in [2.45, 2.75) is 26.3 Å². The third kappa shape index (κ3) is 6.71. The Bertz CT molecular complexity index is 624. The molecule has 6 nitrogen and oxygen atoms in total. The van der Waals surface area contributed by atoms with E-state index in [0.717, 1.165) is 37.1 Å². The number of halogens is 1. The first-order valence-electron chi connectivity index (χ1n) is 9.30. The topological polar surface area (TPSA) is 49.3 Å². The predicted molar refractivity (Wildman–Crippen MR) is 123 cm³/mol. The Balaban J connectivity index is 0.00000364. The smallest absolute Gasteiger partial charge is 0.193 e. The summed E-state index contributed by atoms with van der Waals surface area (Å²) in [6.07, 6.45) is 2.56. The van der Waals surface area contributed by atoms with E-state index >= 15 is 0 Å². The van der Waals surface area contributed by atoms with E-state index < -0.39 is 0 Å². The van der Waals surface area contributed by atoms with Gasteiger partial charge in [-0.2, -0.15) is 0 Å². The number of guanidine groups is 1. The van der Waals surface area contributed by atoms with Crippen LogP contribution < -0.4 is 14.8 Å². The van der Waals surface area contributed by atoms with E-state index in [-0.39, 0.29) is 24.0 Å². The number of hydrogen-bond donors (Lipinski definition) is 1. The molecule has 0 aromatic heterocycles. The molecule has 1 aromatic carbocycles. The molecule has 27 heavy (non-hydrogen) atoms. The number of rotatable bonds is 6. The van der Waals surface area contributed by atoms with E-state index in [1.54, 1.807) is 14.2 Å². The lowest BCUT2D eigenvalue weighted by Gasteiger charge is -2.31. The van der Waals surface area contributed by atoms with E-state index in [9.17, 15) is 0 Å². The van der Waals surface area contributed by atoms with E-state index in [4.69, 9.17) is 9.47 Å². The fourth-order valence-corrected chi connectivity index (χ4v) is 3.58. The van der Waals surface area contributed by atoms with Crippen LogP contribution in [-0.4, -0.2) is 70.8 Å². The van der Waals surface area contributed by atoms with Gasteiger partial charge in [0.25, 0.3) is 0 Å². The number of hydrogen-bond acceptors (Lipinski definition) is 4. The quantitative estimate of drug-likeness (QED) is 0.378. The molecule has 1 saturated heterocycles. The molecule has 0 bridgehead atoms. The van der Waals surface area contributed by atoms with Crippen LogP contribution in [0, 0.1) is 12.8 Å². The van der Waals surface area contributed by atoms with Gasteiger partial charge in [-0.1, -0.05) is 0 Å². The molecule has 1 N–H and O–H groups in total. The highest BCUT2D eigenvalue weighted by Gasteiger charge is 2.18. The van der Waals surface area contributed by atoms with Gasteiger partial charge in [0.15, 0.2) is 17.5 Å². The fraction of sp³-hybridized carbons (Fsp3) is 0.650. The Morgan fingerprint density at radius 1 is 1.30 bits per heavy atom. The number of likely N-dealkylation sites (tertiary alicyclic amines) is 1. The first kappa shape index (κ1) is 23.8. The molecule has 1 aliphatic rings.